The molecule has 170 valence electrons. The molecule has 0 heterocycles. The van der Waals surface area contributed by atoms with Crippen LogP contribution in [0.2, 0.25) is 0 Å². The molecule has 0 radical (unpaired) electrons. The number of fused-ring (bicyclic) bond motifs is 5. The quantitative estimate of drug-likeness (QED) is 0.402. The first kappa shape index (κ1) is 22.3. The van der Waals surface area contributed by atoms with E-state index in [9.17, 15) is 9.90 Å². The third-order valence-corrected chi connectivity index (χ3v) is 10.0. The van der Waals surface area contributed by atoms with Crippen molar-refractivity contribution in [1.29, 1.82) is 0 Å². The molecule has 4 heteroatoms. The summed E-state index contributed by atoms with van der Waals surface area (Å²) in [5.74, 6) is 3.22. The Morgan fingerprint density at radius 2 is 2.00 bits per heavy atom. The van der Waals surface area contributed by atoms with Crippen molar-refractivity contribution in [3.8, 4) is 0 Å². The van der Waals surface area contributed by atoms with Crippen molar-refractivity contribution in [3.63, 3.8) is 0 Å². The van der Waals surface area contributed by atoms with Gasteiger partial charge in [-0.2, -0.15) is 0 Å². The SMILES string of the molecule is C[C@H](CNCCCC(=O)O)[C@H]1CC[C@H]2[C@@H]3CC=C4C[C@@H](O)CC[C@]4(C)[C@H]3CC[C@]12C. The number of rotatable bonds is 7. The molecule has 0 unspecified atom stereocenters. The number of allylic oxidation sites excluding steroid dienone is 1. The Labute approximate surface area is 182 Å². The average molecular weight is 418 g/mol. The van der Waals surface area contributed by atoms with Gasteiger partial charge in [0.15, 0.2) is 0 Å². The highest BCUT2D eigenvalue weighted by atomic mass is 16.4. The molecule has 8 atom stereocenters. The Hall–Kier alpha value is -0.870. The summed E-state index contributed by atoms with van der Waals surface area (Å²) in [6.07, 6.45) is 13.2. The highest BCUT2D eigenvalue weighted by Crippen LogP contribution is 2.67. The Morgan fingerprint density at radius 3 is 2.77 bits per heavy atom. The van der Waals surface area contributed by atoms with Crippen LogP contribution < -0.4 is 5.32 Å². The highest BCUT2D eigenvalue weighted by Gasteiger charge is 2.59. The average Bonchev–Trinajstić information content (AvgIpc) is 3.05. The number of carboxylic acids is 1. The van der Waals surface area contributed by atoms with Crippen molar-refractivity contribution in [1.82, 2.24) is 5.32 Å². The first-order valence-corrected chi connectivity index (χ1v) is 12.6. The van der Waals surface area contributed by atoms with E-state index in [4.69, 9.17) is 5.11 Å². The maximum absolute atomic E-state index is 10.7. The Kier molecular flexibility index (Phi) is 6.38. The standard InChI is InChI=1S/C26H43NO3/c1-17(16-27-14-4-5-24(29)30)21-8-9-22-20-7-6-18-15-19(28)10-12-25(18,2)23(20)11-13-26(21,22)3/h6,17,19-23,27-28H,4-5,7-16H2,1-3H3,(H,29,30)/t17-,19+,20+,21-,22+,23+,25+,26-/m1/s1. The zero-order valence-corrected chi connectivity index (χ0v) is 19.3. The molecule has 0 aromatic heterocycles. The fourth-order valence-electron chi connectivity index (χ4n) is 8.45. The van der Waals surface area contributed by atoms with Gasteiger partial charge in [0, 0.05) is 6.42 Å². The summed E-state index contributed by atoms with van der Waals surface area (Å²) in [5.41, 5.74) is 2.36. The van der Waals surface area contributed by atoms with Crippen LogP contribution in [0, 0.1) is 40.4 Å². The number of aliphatic carboxylic acids is 1. The summed E-state index contributed by atoms with van der Waals surface area (Å²) in [6.45, 7) is 9.35. The number of hydrogen-bond donors (Lipinski definition) is 3. The van der Waals surface area contributed by atoms with Crippen LogP contribution in [0.25, 0.3) is 0 Å². The molecule has 4 nitrogen and oxygen atoms in total. The molecule has 4 aliphatic rings. The van der Waals surface area contributed by atoms with Crippen molar-refractivity contribution in [2.45, 2.75) is 91.1 Å². The van der Waals surface area contributed by atoms with Crippen molar-refractivity contribution in [3.05, 3.63) is 11.6 Å². The van der Waals surface area contributed by atoms with Crippen LogP contribution in [0.4, 0.5) is 0 Å². The predicted molar refractivity (Wildman–Crippen MR) is 120 cm³/mol. The van der Waals surface area contributed by atoms with E-state index in [-0.39, 0.29) is 12.5 Å². The highest BCUT2D eigenvalue weighted by molar-refractivity contribution is 5.66. The van der Waals surface area contributed by atoms with Crippen LogP contribution in [-0.4, -0.2) is 35.4 Å². The van der Waals surface area contributed by atoms with Crippen molar-refractivity contribution >= 4 is 5.97 Å². The Morgan fingerprint density at radius 1 is 1.20 bits per heavy atom. The molecule has 30 heavy (non-hydrogen) atoms. The molecule has 3 fully saturated rings. The lowest BCUT2D eigenvalue weighted by atomic mass is 9.47. The number of aliphatic hydroxyl groups is 1. The fraction of sp³-hybridized carbons (Fsp3) is 0.885. The van der Waals surface area contributed by atoms with Crippen LogP contribution in [0.15, 0.2) is 11.6 Å². The summed E-state index contributed by atoms with van der Waals surface area (Å²) in [5, 5.41) is 22.6. The van der Waals surface area contributed by atoms with Crippen molar-refractivity contribution in [2.75, 3.05) is 13.1 Å². The van der Waals surface area contributed by atoms with E-state index in [1.165, 1.54) is 38.5 Å². The van der Waals surface area contributed by atoms with Crippen LogP contribution in [0.3, 0.4) is 0 Å². The van der Waals surface area contributed by atoms with E-state index in [0.717, 1.165) is 56.0 Å². The second kappa shape index (κ2) is 8.58. The lowest BCUT2D eigenvalue weighted by molar-refractivity contribution is -0.137. The lowest BCUT2D eigenvalue weighted by Gasteiger charge is -2.58. The van der Waals surface area contributed by atoms with Gasteiger partial charge in [0.1, 0.15) is 0 Å². The van der Waals surface area contributed by atoms with Gasteiger partial charge < -0.3 is 15.5 Å². The summed E-state index contributed by atoms with van der Waals surface area (Å²) < 4.78 is 0. The zero-order valence-electron chi connectivity index (χ0n) is 19.3. The molecule has 3 saturated carbocycles. The van der Waals surface area contributed by atoms with Gasteiger partial charge in [-0.05, 0) is 111 Å². The van der Waals surface area contributed by atoms with Gasteiger partial charge >= 0.3 is 5.97 Å². The molecule has 0 aromatic carbocycles. The lowest BCUT2D eigenvalue weighted by Crippen LogP contribution is -2.51. The minimum atomic E-state index is -0.696. The summed E-state index contributed by atoms with van der Waals surface area (Å²) in [4.78, 5) is 10.7. The molecular weight excluding hydrogens is 374 g/mol. The second-order valence-electron chi connectivity index (χ2n) is 11.6. The zero-order chi connectivity index (χ0) is 21.5. The van der Waals surface area contributed by atoms with Gasteiger partial charge in [-0.15, -0.1) is 0 Å². The van der Waals surface area contributed by atoms with Crippen LogP contribution in [0.5, 0.6) is 0 Å². The van der Waals surface area contributed by atoms with Crippen LogP contribution in [-0.2, 0) is 4.79 Å². The van der Waals surface area contributed by atoms with Crippen molar-refractivity contribution in [2.24, 2.45) is 40.4 Å². The Bertz CT molecular complexity index is 675. The molecule has 0 aliphatic heterocycles. The van der Waals surface area contributed by atoms with E-state index in [1.54, 1.807) is 5.57 Å². The third kappa shape index (κ3) is 3.88. The monoisotopic (exact) mass is 417 g/mol. The molecule has 0 amide bonds. The van der Waals surface area contributed by atoms with Gasteiger partial charge in [0.2, 0.25) is 0 Å². The first-order chi connectivity index (χ1) is 14.3. The van der Waals surface area contributed by atoms with E-state index in [0.29, 0.717) is 16.7 Å². The van der Waals surface area contributed by atoms with Gasteiger partial charge in [0.25, 0.3) is 0 Å². The van der Waals surface area contributed by atoms with Crippen LogP contribution >= 0.6 is 0 Å². The molecule has 0 bridgehead atoms. The van der Waals surface area contributed by atoms with E-state index < -0.39 is 5.97 Å². The summed E-state index contributed by atoms with van der Waals surface area (Å²) >= 11 is 0. The molecule has 0 spiro atoms. The molecule has 3 N–H and O–H groups in total. The summed E-state index contributed by atoms with van der Waals surface area (Å²) in [7, 11) is 0. The first-order valence-electron chi connectivity index (χ1n) is 12.6. The van der Waals surface area contributed by atoms with E-state index >= 15 is 0 Å². The van der Waals surface area contributed by atoms with Crippen molar-refractivity contribution < 1.29 is 15.0 Å². The number of aliphatic hydroxyl groups excluding tert-OH is 1. The van der Waals surface area contributed by atoms with Gasteiger partial charge in [0.05, 0.1) is 6.10 Å². The maximum atomic E-state index is 10.7. The van der Waals surface area contributed by atoms with Gasteiger partial charge in [-0.25, -0.2) is 0 Å². The number of carboxylic acid groups (broad SMARTS) is 1. The third-order valence-electron chi connectivity index (χ3n) is 10.0. The largest absolute Gasteiger partial charge is 0.481 e. The molecule has 0 saturated heterocycles. The minimum absolute atomic E-state index is 0.116. The predicted octanol–water partition coefficient (Wildman–Crippen LogP) is 5.02. The van der Waals surface area contributed by atoms with Crippen LogP contribution in [0.1, 0.15) is 85.0 Å². The maximum Gasteiger partial charge on any atom is 0.303 e. The number of nitrogens with one attached hydrogen (secondary N) is 1. The number of carbonyl (C=O) groups is 1. The van der Waals surface area contributed by atoms with E-state index in [2.05, 4.69) is 32.2 Å². The normalized spacial score (nSPS) is 43.9. The second-order valence-corrected chi connectivity index (χ2v) is 11.6. The molecule has 4 aliphatic carbocycles. The van der Waals surface area contributed by atoms with Gasteiger partial charge in [-0.1, -0.05) is 32.4 Å². The van der Waals surface area contributed by atoms with E-state index in [1.807, 2.05) is 0 Å². The Balaban J connectivity index is 1.41. The fourth-order valence-corrected chi connectivity index (χ4v) is 8.45. The smallest absolute Gasteiger partial charge is 0.303 e. The number of hydrogen-bond acceptors (Lipinski definition) is 3. The molecule has 0 aromatic rings. The minimum Gasteiger partial charge on any atom is -0.481 e. The topological polar surface area (TPSA) is 69.6 Å². The molecular formula is C26H43NO3. The molecule has 4 rings (SSSR count). The summed E-state index contributed by atoms with van der Waals surface area (Å²) in [6, 6.07) is 0. The van der Waals surface area contributed by atoms with Gasteiger partial charge in [-0.3, -0.25) is 4.79 Å².